The van der Waals surface area contributed by atoms with Crippen molar-refractivity contribution in [3.05, 3.63) is 45.5 Å². The Labute approximate surface area is 121 Å². The molecule has 2 rings (SSSR count). The molecular formula is C13H16ClNOS2. The van der Waals surface area contributed by atoms with Crippen molar-refractivity contribution in [1.29, 1.82) is 0 Å². The second kappa shape index (κ2) is 6.66. The first-order valence-electron chi connectivity index (χ1n) is 5.85. The van der Waals surface area contributed by atoms with Gasteiger partial charge in [-0.2, -0.15) is 0 Å². The Morgan fingerprint density at radius 3 is 2.83 bits per heavy atom. The van der Waals surface area contributed by atoms with Crippen molar-refractivity contribution in [3.8, 4) is 0 Å². The molecule has 2 aromatic rings. The summed E-state index contributed by atoms with van der Waals surface area (Å²) in [5, 5.41) is 0.276. The minimum atomic E-state index is 0.139. The van der Waals surface area contributed by atoms with Gasteiger partial charge < -0.3 is 10.2 Å². The van der Waals surface area contributed by atoms with Crippen LogP contribution >= 0.6 is 34.7 Å². The molecule has 0 fully saturated rings. The van der Waals surface area contributed by atoms with E-state index in [1.54, 1.807) is 17.6 Å². The summed E-state index contributed by atoms with van der Waals surface area (Å²) in [4.78, 5) is 1.24. The Kier molecular flexibility index (Phi) is 5.18. The molecule has 18 heavy (non-hydrogen) atoms. The van der Waals surface area contributed by atoms with Gasteiger partial charge in [-0.05, 0) is 30.7 Å². The van der Waals surface area contributed by atoms with E-state index in [0.717, 1.165) is 22.3 Å². The van der Waals surface area contributed by atoms with Crippen LogP contribution in [0.2, 0.25) is 4.34 Å². The van der Waals surface area contributed by atoms with E-state index in [1.165, 1.54) is 4.88 Å². The monoisotopic (exact) mass is 301 g/mol. The van der Waals surface area contributed by atoms with Crippen LogP contribution in [0.4, 0.5) is 0 Å². The fourth-order valence-corrected chi connectivity index (χ4v) is 4.34. The van der Waals surface area contributed by atoms with Crippen LogP contribution in [-0.4, -0.2) is 6.04 Å². The molecule has 0 aliphatic heterocycles. The highest BCUT2D eigenvalue weighted by Crippen LogP contribution is 2.39. The van der Waals surface area contributed by atoms with E-state index in [0.29, 0.717) is 0 Å². The van der Waals surface area contributed by atoms with E-state index in [1.807, 2.05) is 30.0 Å². The SMILES string of the molecule is CCC(N)C(SCc1ccco1)c1ccc(Cl)s1. The standard InChI is InChI=1S/C13H16ClNOS2/c1-2-10(15)13(11-5-6-12(14)18-11)17-8-9-4-3-7-16-9/h3-7,10,13H,2,8,15H2,1H3. The third kappa shape index (κ3) is 3.54. The number of hydrogen-bond donors (Lipinski definition) is 1. The van der Waals surface area contributed by atoms with Crippen LogP contribution in [0.15, 0.2) is 34.9 Å². The molecule has 2 aromatic heterocycles. The van der Waals surface area contributed by atoms with Crippen LogP contribution in [0.25, 0.3) is 0 Å². The molecule has 2 unspecified atom stereocenters. The molecule has 0 amide bonds. The largest absolute Gasteiger partial charge is 0.468 e. The van der Waals surface area contributed by atoms with E-state index in [-0.39, 0.29) is 11.3 Å². The number of thiophene rings is 1. The summed E-state index contributed by atoms with van der Waals surface area (Å²) in [6, 6.07) is 8.04. The number of hydrogen-bond acceptors (Lipinski definition) is 4. The molecule has 0 aliphatic carbocycles. The molecular weight excluding hydrogens is 286 g/mol. The summed E-state index contributed by atoms with van der Waals surface area (Å²) in [5.74, 6) is 1.82. The maximum absolute atomic E-state index is 6.21. The summed E-state index contributed by atoms with van der Waals surface area (Å²) >= 11 is 9.42. The summed E-state index contributed by atoms with van der Waals surface area (Å²) < 4.78 is 6.17. The molecule has 2 nitrogen and oxygen atoms in total. The van der Waals surface area contributed by atoms with Crippen molar-refractivity contribution in [2.24, 2.45) is 5.73 Å². The second-order valence-corrected chi connectivity index (χ2v) is 6.90. The summed E-state index contributed by atoms with van der Waals surface area (Å²) in [6.07, 6.45) is 2.65. The normalized spacial score (nSPS) is 14.6. The fraction of sp³-hybridized carbons (Fsp3) is 0.385. The highest BCUT2D eigenvalue weighted by atomic mass is 35.5. The van der Waals surface area contributed by atoms with Crippen LogP contribution < -0.4 is 5.73 Å². The maximum atomic E-state index is 6.21. The lowest BCUT2D eigenvalue weighted by Crippen LogP contribution is -2.25. The third-order valence-electron chi connectivity index (χ3n) is 2.72. The van der Waals surface area contributed by atoms with Gasteiger partial charge in [0.15, 0.2) is 0 Å². The van der Waals surface area contributed by atoms with Gasteiger partial charge in [-0.1, -0.05) is 18.5 Å². The van der Waals surface area contributed by atoms with Crippen LogP contribution in [-0.2, 0) is 5.75 Å². The van der Waals surface area contributed by atoms with Crippen LogP contribution in [0.1, 0.15) is 29.2 Å². The van der Waals surface area contributed by atoms with Gasteiger partial charge in [0, 0.05) is 10.9 Å². The van der Waals surface area contributed by atoms with Crippen LogP contribution in [0.5, 0.6) is 0 Å². The van der Waals surface area contributed by atoms with Crippen LogP contribution in [0, 0.1) is 0 Å². The van der Waals surface area contributed by atoms with E-state index in [2.05, 4.69) is 13.0 Å². The molecule has 0 bridgehead atoms. The molecule has 0 radical (unpaired) electrons. The van der Waals surface area contributed by atoms with Gasteiger partial charge in [-0.25, -0.2) is 0 Å². The lowest BCUT2D eigenvalue weighted by atomic mass is 10.1. The molecule has 2 atom stereocenters. The number of thioether (sulfide) groups is 1. The zero-order valence-corrected chi connectivity index (χ0v) is 12.5. The van der Waals surface area contributed by atoms with Crippen molar-refractivity contribution in [1.82, 2.24) is 0 Å². The van der Waals surface area contributed by atoms with Gasteiger partial charge in [0.05, 0.1) is 21.6 Å². The lowest BCUT2D eigenvalue weighted by Gasteiger charge is -2.20. The third-order valence-corrected chi connectivity index (χ3v) is 5.60. The quantitative estimate of drug-likeness (QED) is 0.840. The van der Waals surface area contributed by atoms with Gasteiger partial charge in [-0.3, -0.25) is 0 Å². The van der Waals surface area contributed by atoms with Crippen molar-refractivity contribution < 1.29 is 4.42 Å². The van der Waals surface area contributed by atoms with Gasteiger partial charge >= 0.3 is 0 Å². The first-order chi connectivity index (χ1) is 8.70. The zero-order valence-electron chi connectivity index (χ0n) is 10.1. The Morgan fingerprint density at radius 2 is 2.28 bits per heavy atom. The number of rotatable bonds is 6. The van der Waals surface area contributed by atoms with E-state index >= 15 is 0 Å². The molecule has 2 N–H and O–H groups in total. The summed E-state index contributed by atoms with van der Waals surface area (Å²) in [6.45, 7) is 2.11. The molecule has 0 saturated carbocycles. The topological polar surface area (TPSA) is 39.2 Å². The summed E-state index contributed by atoms with van der Waals surface area (Å²) in [5.41, 5.74) is 6.21. The summed E-state index contributed by atoms with van der Waals surface area (Å²) in [7, 11) is 0. The second-order valence-electron chi connectivity index (χ2n) is 4.02. The minimum Gasteiger partial charge on any atom is -0.468 e. The minimum absolute atomic E-state index is 0.139. The number of furan rings is 1. The maximum Gasteiger partial charge on any atom is 0.113 e. The number of nitrogens with two attached hydrogens (primary N) is 1. The molecule has 0 aromatic carbocycles. The zero-order chi connectivity index (χ0) is 13.0. The number of halogens is 1. The van der Waals surface area contributed by atoms with Crippen molar-refractivity contribution in [2.45, 2.75) is 30.4 Å². The van der Waals surface area contributed by atoms with Crippen molar-refractivity contribution in [3.63, 3.8) is 0 Å². The first-order valence-corrected chi connectivity index (χ1v) is 8.09. The highest BCUT2D eigenvalue weighted by molar-refractivity contribution is 7.98. The highest BCUT2D eigenvalue weighted by Gasteiger charge is 2.21. The molecule has 2 heterocycles. The van der Waals surface area contributed by atoms with Gasteiger partial charge in [0.1, 0.15) is 5.76 Å². The van der Waals surface area contributed by atoms with Crippen LogP contribution in [0.3, 0.4) is 0 Å². The average Bonchev–Trinajstić information content (AvgIpc) is 3.01. The first kappa shape index (κ1) is 14.0. The lowest BCUT2D eigenvalue weighted by molar-refractivity contribution is 0.529. The Bertz CT molecular complexity index is 469. The Morgan fingerprint density at radius 1 is 1.44 bits per heavy atom. The van der Waals surface area contributed by atoms with E-state index in [4.69, 9.17) is 21.8 Å². The molecule has 0 aliphatic rings. The van der Waals surface area contributed by atoms with E-state index < -0.39 is 0 Å². The van der Waals surface area contributed by atoms with Gasteiger partial charge in [-0.15, -0.1) is 23.1 Å². The van der Waals surface area contributed by atoms with Crippen molar-refractivity contribution in [2.75, 3.05) is 0 Å². The Hall–Kier alpha value is -0.420. The molecule has 0 spiro atoms. The Balaban J connectivity index is 2.05. The predicted molar refractivity (Wildman–Crippen MR) is 80.3 cm³/mol. The predicted octanol–water partition coefficient (Wildman–Crippen LogP) is 4.71. The van der Waals surface area contributed by atoms with E-state index in [9.17, 15) is 0 Å². The molecule has 5 heteroatoms. The van der Waals surface area contributed by atoms with Gasteiger partial charge in [0.2, 0.25) is 0 Å². The van der Waals surface area contributed by atoms with Crippen molar-refractivity contribution >= 4 is 34.7 Å². The fourth-order valence-electron chi connectivity index (χ4n) is 1.68. The smallest absolute Gasteiger partial charge is 0.113 e. The van der Waals surface area contributed by atoms with Gasteiger partial charge in [0.25, 0.3) is 0 Å². The molecule has 0 saturated heterocycles. The molecule has 98 valence electrons. The average molecular weight is 302 g/mol.